The number of aromatic nitrogens is 2. The highest BCUT2D eigenvalue weighted by molar-refractivity contribution is 5.77. The number of carbonyl (C=O) groups is 1. The van der Waals surface area contributed by atoms with Crippen molar-refractivity contribution in [3.8, 4) is 5.75 Å². The first-order valence-corrected chi connectivity index (χ1v) is 11.6. The second-order valence-corrected chi connectivity index (χ2v) is 8.73. The van der Waals surface area contributed by atoms with Crippen LogP contribution in [0.5, 0.6) is 5.75 Å². The Bertz CT molecular complexity index is 864. The standard InChI is InChI=1S/C24H33N5O3/c30-22-5-1-13-28(22)15-4-16-32-21-8-6-20(7-9-21)17-25-18-24(31)10-2-14-29(19-24)23-26-11-3-12-27-23/h3,6-9,11-12,25,31H,1-2,4-5,10,13-19H2/t24-/m1/s1. The van der Waals surface area contributed by atoms with E-state index in [1.54, 1.807) is 18.5 Å². The van der Waals surface area contributed by atoms with Crippen LogP contribution in [0.3, 0.4) is 0 Å². The van der Waals surface area contributed by atoms with Gasteiger partial charge in [0, 0.05) is 51.5 Å². The van der Waals surface area contributed by atoms with E-state index in [2.05, 4.69) is 20.2 Å². The molecular weight excluding hydrogens is 406 g/mol. The van der Waals surface area contributed by atoms with E-state index in [4.69, 9.17) is 4.74 Å². The van der Waals surface area contributed by atoms with Gasteiger partial charge in [-0.25, -0.2) is 9.97 Å². The van der Waals surface area contributed by atoms with Gasteiger partial charge in [0.2, 0.25) is 11.9 Å². The third-order valence-corrected chi connectivity index (χ3v) is 6.11. The Kier molecular flexibility index (Phi) is 7.55. The van der Waals surface area contributed by atoms with Crippen LogP contribution in [-0.4, -0.2) is 70.8 Å². The molecule has 0 bridgehead atoms. The summed E-state index contributed by atoms with van der Waals surface area (Å²) >= 11 is 0. The van der Waals surface area contributed by atoms with Crippen LogP contribution in [-0.2, 0) is 11.3 Å². The summed E-state index contributed by atoms with van der Waals surface area (Å²) in [5.41, 5.74) is 0.347. The Morgan fingerprint density at radius 2 is 1.94 bits per heavy atom. The maximum atomic E-state index is 11.6. The molecule has 2 aromatic rings. The van der Waals surface area contributed by atoms with Crippen molar-refractivity contribution in [2.75, 3.05) is 44.2 Å². The molecule has 1 amide bonds. The number of β-amino-alcohol motifs (C(OH)–C–C–N with tert-alkyl or cyclic N) is 1. The molecule has 2 aliphatic rings. The smallest absolute Gasteiger partial charge is 0.225 e. The van der Waals surface area contributed by atoms with E-state index in [0.717, 1.165) is 56.6 Å². The molecule has 3 heterocycles. The molecule has 0 radical (unpaired) electrons. The lowest BCUT2D eigenvalue weighted by Crippen LogP contribution is -2.53. The van der Waals surface area contributed by atoms with Crippen LogP contribution in [0.15, 0.2) is 42.7 Å². The Balaban J connectivity index is 1.17. The molecule has 2 saturated heterocycles. The van der Waals surface area contributed by atoms with Crippen LogP contribution in [0.1, 0.15) is 37.7 Å². The number of likely N-dealkylation sites (tertiary alicyclic amines) is 1. The Morgan fingerprint density at radius 1 is 1.12 bits per heavy atom. The molecular formula is C24H33N5O3. The molecule has 32 heavy (non-hydrogen) atoms. The molecule has 2 aliphatic heterocycles. The van der Waals surface area contributed by atoms with Gasteiger partial charge in [-0.2, -0.15) is 0 Å². The van der Waals surface area contributed by atoms with Gasteiger partial charge in [0.25, 0.3) is 0 Å². The number of rotatable bonds is 10. The average molecular weight is 440 g/mol. The van der Waals surface area contributed by atoms with E-state index < -0.39 is 5.60 Å². The monoisotopic (exact) mass is 439 g/mol. The number of piperidine rings is 1. The summed E-state index contributed by atoms with van der Waals surface area (Å²) in [4.78, 5) is 24.2. The van der Waals surface area contributed by atoms with E-state index in [0.29, 0.717) is 38.6 Å². The molecule has 0 aliphatic carbocycles. The lowest BCUT2D eigenvalue weighted by molar-refractivity contribution is -0.127. The highest BCUT2D eigenvalue weighted by Crippen LogP contribution is 2.23. The number of nitrogens with one attached hydrogen (secondary N) is 1. The molecule has 4 rings (SSSR count). The minimum Gasteiger partial charge on any atom is -0.494 e. The second kappa shape index (κ2) is 10.7. The van der Waals surface area contributed by atoms with E-state index in [1.165, 1.54) is 0 Å². The van der Waals surface area contributed by atoms with Crippen LogP contribution in [0, 0.1) is 0 Å². The topological polar surface area (TPSA) is 90.8 Å². The minimum absolute atomic E-state index is 0.265. The van der Waals surface area contributed by atoms with Gasteiger partial charge in [-0.05, 0) is 49.4 Å². The van der Waals surface area contributed by atoms with E-state index in [9.17, 15) is 9.90 Å². The quantitative estimate of drug-likeness (QED) is 0.547. The van der Waals surface area contributed by atoms with Crippen LogP contribution >= 0.6 is 0 Å². The molecule has 172 valence electrons. The molecule has 0 saturated carbocycles. The minimum atomic E-state index is -0.794. The van der Waals surface area contributed by atoms with Crippen molar-refractivity contribution in [3.05, 3.63) is 48.3 Å². The summed E-state index contributed by atoms with van der Waals surface area (Å²) in [6, 6.07) is 9.83. The van der Waals surface area contributed by atoms with Gasteiger partial charge in [0.15, 0.2) is 0 Å². The number of nitrogens with zero attached hydrogens (tertiary/aromatic N) is 4. The number of benzene rings is 1. The zero-order chi connectivity index (χ0) is 22.2. The van der Waals surface area contributed by atoms with Gasteiger partial charge in [0.1, 0.15) is 5.75 Å². The third-order valence-electron chi connectivity index (χ3n) is 6.11. The molecule has 1 aromatic carbocycles. The maximum absolute atomic E-state index is 11.6. The van der Waals surface area contributed by atoms with Gasteiger partial charge in [-0.1, -0.05) is 12.1 Å². The van der Waals surface area contributed by atoms with Crippen molar-refractivity contribution in [2.24, 2.45) is 0 Å². The largest absolute Gasteiger partial charge is 0.494 e. The summed E-state index contributed by atoms with van der Waals surface area (Å²) in [6.45, 7) is 4.86. The molecule has 1 aromatic heterocycles. The molecule has 8 heteroatoms. The average Bonchev–Trinajstić information content (AvgIpc) is 3.23. The number of carbonyl (C=O) groups excluding carboxylic acids is 1. The molecule has 0 unspecified atom stereocenters. The van der Waals surface area contributed by atoms with Gasteiger partial charge >= 0.3 is 0 Å². The van der Waals surface area contributed by atoms with Crippen LogP contribution in [0.25, 0.3) is 0 Å². The van der Waals surface area contributed by atoms with Gasteiger partial charge in [0.05, 0.1) is 18.8 Å². The van der Waals surface area contributed by atoms with Crippen molar-refractivity contribution in [2.45, 2.75) is 44.2 Å². The van der Waals surface area contributed by atoms with E-state index in [1.807, 2.05) is 29.2 Å². The van der Waals surface area contributed by atoms with Gasteiger partial charge < -0.3 is 25.0 Å². The first kappa shape index (κ1) is 22.5. The zero-order valence-corrected chi connectivity index (χ0v) is 18.6. The molecule has 2 fully saturated rings. The number of hydrogen-bond acceptors (Lipinski definition) is 7. The van der Waals surface area contributed by atoms with Crippen molar-refractivity contribution in [1.29, 1.82) is 0 Å². The van der Waals surface area contributed by atoms with Gasteiger partial charge in [-0.15, -0.1) is 0 Å². The van der Waals surface area contributed by atoms with Crippen molar-refractivity contribution in [1.82, 2.24) is 20.2 Å². The Hall–Kier alpha value is -2.71. The number of amides is 1. The maximum Gasteiger partial charge on any atom is 0.225 e. The summed E-state index contributed by atoms with van der Waals surface area (Å²) in [5, 5.41) is 14.4. The summed E-state index contributed by atoms with van der Waals surface area (Å²) < 4.78 is 5.81. The fraction of sp³-hybridized carbons (Fsp3) is 0.542. The SMILES string of the molecule is O=C1CCCN1CCCOc1ccc(CNC[C@]2(O)CCCN(c3ncccn3)C2)cc1. The Morgan fingerprint density at radius 3 is 2.69 bits per heavy atom. The molecule has 8 nitrogen and oxygen atoms in total. The van der Waals surface area contributed by atoms with Crippen molar-refractivity contribution < 1.29 is 14.6 Å². The number of anilines is 1. The number of aliphatic hydroxyl groups is 1. The normalized spacial score (nSPS) is 21.2. The first-order chi connectivity index (χ1) is 15.6. The van der Waals surface area contributed by atoms with Crippen LogP contribution in [0.2, 0.25) is 0 Å². The summed E-state index contributed by atoms with van der Waals surface area (Å²) in [6.07, 6.45) is 7.65. The van der Waals surface area contributed by atoms with E-state index in [-0.39, 0.29) is 5.91 Å². The van der Waals surface area contributed by atoms with Crippen molar-refractivity contribution in [3.63, 3.8) is 0 Å². The fourth-order valence-corrected chi connectivity index (χ4v) is 4.41. The molecule has 2 N–H and O–H groups in total. The predicted molar refractivity (Wildman–Crippen MR) is 123 cm³/mol. The highest BCUT2D eigenvalue weighted by Gasteiger charge is 2.33. The second-order valence-electron chi connectivity index (χ2n) is 8.73. The molecule has 1 atom stereocenters. The van der Waals surface area contributed by atoms with Crippen LogP contribution in [0.4, 0.5) is 5.95 Å². The Labute approximate surface area is 189 Å². The van der Waals surface area contributed by atoms with Gasteiger partial charge in [-0.3, -0.25) is 4.79 Å². The zero-order valence-electron chi connectivity index (χ0n) is 18.6. The van der Waals surface area contributed by atoms with Crippen LogP contribution < -0.4 is 15.0 Å². The number of ether oxygens (including phenoxy) is 1. The first-order valence-electron chi connectivity index (χ1n) is 11.6. The summed E-state index contributed by atoms with van der Waals surface area (Å²) in [5.74, 6) is 1.78. The summed E-state index contributed by atoms with van der Waals surface area (Å²) in [7, 11) is 0. The van der Waals surface area contributed by atoms with E-state index >= 15 is 0 Å². The predicted octanol–water partition coefficient (Wildman–Crippen LogP) is 1.99. The van der Waals surface area contributed by atoms with Crippen molar-refractivity contribution >= 4 is 11.9 Å². The highest BCUT2D eigenvalue weighted by atomic mass is 16.5. The lowest BCUT2D eigenvalue weighted by Gasteiger charge is -2.39. The number of hydrogen-bond donors (Lipinski definition) is 2. The third kappa shape index (κ3) is 6.17. The fourth-order valence-electron chi connectivity index (χ4n) is 4.41. The lowest BCUT2D eigenvalue weighted by atomic mass is 9.93. The molecule has 0 spiro atoms.